The van der Waals surface area contributed by atoms with E-state index in [0.29, 0.717) is 0 Å². The largest absolute Gasteiger partial charge is 0.192 e. The summed E-state index contributed by atoms with van der Waals surface area (Å²) in [4.78, 5) is 0. The third-order valence-corrected chi connectivity index (χ3v) is 2.92. The van der Waals surface area contributed by atoms with Crippen LogP contribution < -0.4 is 0 Å². The number of benzene rings is 2. The second-order valence-electron chi connectivity index (χ2n) is 4.42. The van der Waals surface area contributed by atoms with Crippen LogP contribution >= 0.6 is 0 Å². The van der Waals surface area contributed by atoms with Crippen LogP contribution in [-0.2, 0) is 6.42 Å². The van der Waals surface area contributed by atoms with Crippen LogP contribution in [0, 0.1) is 25.2 Å². The molecule has 2 aromatic rings. The number of rotatable bonds is 2. The van der Waals surface area contributed by atoms with Crippen molar-refractivity contribution in [3.8, 4) is 6.07 Å². The van der Waals surface area contributed by atoms with Crippen LogP contribution in [0.3, 0.4) is 0 Å². The highest BCUT2D eigenvalue weighted by molar-refractivity contribution is 5.40. The van der Waals surface area contributed by atoms with Crippen LogP contribution in [0.2, 0.25) is 0 Å². The van der Waals surface area contributed by atoms with E-state index in [1.54, 1.807) is 0 Å². The number of hydrogen-bond donors (Lipinski definition) is 0. The topological polar surface area (TPSA) is 23.8 Å². The van der Waals surface area contributed by atoms with E-state index in [1.165, 1.54) is 16.7 Å². The summed E-state index contributed by atoms with van der Waals surface area (Å²) >= 11 is 0. The maximum absolute atomic E-state index is 8.96. The Bertz CT molecular complexity index is 576. The van der Waals surface area contributed by atoms with E-state index >= 15 is 0 Å². The van der Waals surface area contributed by atoms with Crippen LogP contribution in [0.5, 0.6) is 0 Å². The molecule has 0 spiro atoms. The molecule has 2 rings (SSSR count). The van der Waals surface area contributed by atoms with E-state index in [1.807, 2.05) is 19.1 Å². The Hall–Kier alpha value is -2.07. The SMILES string of the molecule is Cc1cc(C#N)cc(Cc2ccccc2C)c1. The molecule has 1 nitrogen and oxygen atoms in total. The van der Waals surface area contributed by atoms with Crippen molar-refractivity contribution in [3.05, 3.63) is 70.3 Å². The highest BCUT2D eigenvalue weighted by atomic mass is 14.2. The third kappa shape index (κ3) is 2.73. The van der Waals surface area contributed by atoms with Gasteiger partial charge in [-0.3, -0.25) is 0 Å². The van der Waals surface area contributed by atoms with E-state index in [2.05, 4.69) is 43.3 Å². The lowest BCUT2D eigenvalue weighted by Gasteiger charge is -2.07. The number of nitriles is 1. The number of hydrogen-bond acceptors (Lipinski definition) is 1. The molecule has 0 aromatic heterocycles. The van der Waals surface area contributed by atoms with Crippen molar-refractivity contribution in [1.29, 1.82) is 5.26 Å². The van der Waals surface area contributed by atoms with E-state index in [0.717, 1.165) is 17.5 Å². The fourth-order valence-electron chi connectivity index (χ4n) is 2.06. The molecule has 0 N–H and O–H groups in total. The van der Waals surface area contributed by atoms with E-state index in [9.17, 15) is 0 Å². The Morgan fingerprint density at radius 3 is 2.53 bits per heavy atom. The molecule has 0 aliphatic carbocycles. The van der Waals surface area contributed by atoms with Crippen molar-refractivity contribution in [2.24, 2.45) is 0 Å². The monoisotopic (exact) mass is 221 g/mol. The molecule has 84 valence electrons. The zero-order valence-corrected chi connectivity index (χ0v) is 10.2. The summed E-state index contributed by atoms with van der Waals surface area (Å²) in [6.45, 7) is 4.15. The smallest absolute Gasteiger partial charge is 0.0991 e. The molecule has 1 heteroatoms. The highest BCUT2D eigenvalue weighted by Gasteiger charge is 2.02. The molecule has 0 saturated carbocycles. The zero-order chi connectivity index (χ0) is 12.3. The predicted molar refractivity (Wildman–Crippen MR) is 69.9 cm³/mol. The van der Waals surface area contributed by atoms with Crippen molar-refractivity contribution < 1.29 is 0 Å². The number of nitrogens with zero attached hydrogens (tertiary/aromatic N) is 1. The minimum absolute atomic E-state index is 0.744. The minimum Gasteiger partial charge on any atom is -0.192 e. The van der Waals surface area contributed by atoms with Gasteiger partial charge in [0.1, 0.15) is 0 Å². The van der Waals surface area contributed by atoms with Gasteiger partial charge >= 0.3 is 0 Å². The van der Waals surface area contributed by atoms with Crippen molar-refractivity contribution in [2.75, 3.05) is 0 Å². The van der Waals surface area contributed by atoms with Gasteiger partial charge < -0.3 is 0 Å². The number of aryl methyl sites for hydroxylation is 2. The Kier molecular flexibility index (Phi) is 3.25. The average Bonchev–Trinajstić information content (AvgIpc) is 2.31. The molecule has 0 radical (unpaired) electrons. The van der Waals surface area contributed by atoms with Gasteiger partial charge in [0.05, 0.1) is 11.6 Å². The van der Waals surface area contributed by atoms with Crippen LogP contribution in [-0.4, -0.2) is 0 Å². The highest BCUT2D eigenvalue weighted by Crippen LogP contribution is 2.16. The third-order valence-electron chi connectivity index (χ3n) is 2.92. The summed E-state index contributed by atoms with van der Waals surface area (Å²) in [5.41, 5.74) is 5.71. The normalized spacial score (nSPS) is 9.94. The molecule has 0 aliphatic heterocycles. The molecule has 0 heterocycles. The lowest BCUT2D eigenvalue weighted by Crippen LogP contribution is -1.93. The lowest BCUT2D eigenvalue weighted by atomic mass is 9.98. The molecular weight excluding hydrogens is 206 g/mol. The molecule has 0 saturated heterocycles. The van der Waals surface area contributed by atoms with Gasteiger partial charge in [0.15, 0.2) is 0 Å². The van der Waals surface area contributed by atoms with E-state index < -0.39 is 0 Å². The van der Waals surface area contributed by atoms with Crippen molar-refractivity contribution in [1.82, 2.24) is 0 Å². The van der Waals surface area contributed by atoms with Gasteiger partial charge in [-0.2, -0.15) is 5.26 Å². The molecule has 0 fully saturated rings. The maximum atomic E-state index is 8.96. The van der Waals surface area contributed by atoms with Gasteiger partial charge in [0.25, 0.3) is 0 Å². The zero-order valence-electron chi connectivity index (χ0n) is 10.2. The summed E-state index contributed by atoms with van der Waals surface area (Å²) in [5, 5.41) is 8.96. The van der Waals surface area contributed by atoms with E-state index in [-0.39, 0.29) is 0 Å². The summed E-state index contributed by atoms with van der Waals surface area (Å²) in [7, 11) is 0. The van der Waals surface area contributed by atoms with Crippen LogP contribution in [0.1, 0.15) is 27.8 Å². The summed E-state index contributed by atoms with van der Waals surface area (Å²) in [6.07, 6.45) is 0.892. The fraction of sp³-hybridized carbons (Fsp3) is 0.188. The first kappa shape index (κ1) is 11.4. The predicted octanol–water partition coefficient (Wildman–Crippen LogP) is 3.77. The van der Waals surface area contributed by atoms with Gasteiger partial charge in [-0.1, -0.05) is 30.3 Å². The molecule has 0 bridgehead atoms. The molecule has 0 atom stereocenters. The summed E-state index contributed by atoms with van der Waals surface area (Å²) in [6, 6.07) is 16.6. The average molecular weight is 221 g/mol. The van der Waals surface area contributed by atoms with Crippen molar-refractivity contribution >= 4 is 0 Å². The molecule has 2 aromatic carbocycles. The van der Waals surface area contributed by atoms with Gasteiger partial charge in [-0.15, -0.1) is 0 Å². The van der Waals surface area contributed by atoms with Gasteiger partial charge in [-0.05, 0) is 54.7 Å². The Morgan fingerprint density at radius 1 is 1.06 bits per heavy atom. The molecular formula is C16H15N. The second kappa shape index (κ2) is 4.84. The van der Waals surface area contributed by atoms with Gasteiger partial charge in [0.2, 0.25) is 0 Å². The second-order valence-corrected chi connectivity index (χ2v) is 4.42. The first-order valence-corrected chi connectivity index (χ1v) is 5.74. The maximum Gasteiger partial charge on any atom is 0.0991 e. The van der Waals surface area contributed by atoms with Crippen LogP contribution in [0.4, 0.5) is 0 Å². The van der Waals surface area contributed by atoms with E-state index in [4.69, 9.17) is 5.26 Å². The lowest BCUT2D eigenvalue weighted by molar-refractivity contribution is 1.14. The first-order chi connectivity index (χ1) is 8.19. The fourth-order valence-corrected chi connectivity index (χ4v) is 2.06. The molecule has 0 unspecified atom stereocenters. The van der Waals surface area contributed by atoms with Crippen LogP contribution in [0.25, 0.3) is 0 Å². The van der Waals surface area contributed by atoms with Gasteiger partial charge in [-0.25, -0.2) is 0 Å². The van der Waals surface area contributed by atoms with Gasteiger partial charge in [0, 0.05) is 0 Å². The van der Waals surface area contributed by atoms with Crippen LogP contribution in [0.15, 0.2) is 42.5 Å². The van der Waals surface area contributed by atoms with Crippen molar-refractivity contribution in [3.63, 3.8) is 0 Å². The Labute approximate surface area is 102 Å². The summed E-state index contributed by atoms with van der Waals surface area (Å²) in [5.74, 6) is 0. The standard InChI is InChI=1S/C16H15N/c1-12-7-14(9-15(8-12)11-17)10-16-6-4-3-5-13(16)2/h3-9H,10H2,1-2H3. The summed E-state index contributed by atoms with van der Waals surface area (Å²) < 4.78 is 0. The minimum atomic E-state index is 0.744. The molecule has 0 aliphatic rings. The quantitative estimate of drug-likeness (QED) is 0.757. The Balaban J connectivity index is 2.34. The Morgan fingerprint density at radius 2 is 1.82 bits per heavy atom. The molecule has 17 heavy (non-hydrogen) atoms. The molecule has 0 amide bonds. The first-order valence-electron chi connectivity index (χ1n) is 5.74. The van der Waals surface area contributed by atoms with Crippen molar-refractivity contribution in [2.45, 2.75) is 20.3 Å².